The fourth-order valence-electron chi connectivity index (χ4n) is 2.57. The number of para-hydroxylation sites is 1. The molecule has 0 aliphatic carbocycles. The van der Waals surface area contributed by atoms with Crippen LogP contribution in [0.25, 0.3) is 0 Å². The molecule has 1 aliphatic rings. The Bertz CT molecular complexity index is 562. The molecule has 0 spiro atoms. The van der Waals surface area contributed by atoms with Gasteiger partial charge in [-0.25, -0.2) is 9.47 Å². The number of piperazine rings is 1. The topological polar surface area (TPSA) is 27.4 Å². The molecular weight excluding hydrogens is 270 g/mol. The van der Waals surface area contributed by atoms with E-state index in [1.165, 1.54) is 10.8 Å². The normalized spacial score (nSPS) is 15.4. The number of anilines is 2. The van der Waals surface area contributed by atoms with Crippen LogP contribution in [-0.2, 0) is 11.3 Å². The lowest BCUT2D eigenvalue weighted by Gasteiger charge is -2.32. The maximum atomic E-state index is 10.7. The van der Waals surface area contributed by atoms with E-state index in [1.807, 2.05) is 22.2 Å². The lowest BCUT2D eigenvalue weighted by atomic mass is 10.2. The highest BCUT2D eigenvalue weighted by Gasteiger charge is 2.26. The number of aromatic nitrogens is 1. The van der Waals surface area contributed by atoms with Crippen LogP contribution in [0.1, 0.15) is 0 Å². The van der Waals surface area contributed by atoms with Gasteiger partial charge in [-0.05, 0) is 12.1 Å². The maximum Gasteiger partial charge on any atom is 0.336 e. The van der Waals surface area contributed by atoms with Crippen LogP contribution in [0, 0.1) is 0 Å². The first kappa shape index (κ1) is 13.1. The smallest absolute Gasteiger partial charge is 0.336 e. The summed E-state index contributed by atoms with van der Waals surface area (Å²) in [5.74, 6) is 0. The van der Waals surface area contributed by atoms with Crippen molar-refractivity contribution in [2.45, 2.75) is 6.54 Å². The molecule has 0 unspecified atom stereocenters. The minimum Gasteiger partial charge on any atom is -0.364 e. The van der Waals surface area contributed by atoms with Crippen molar-refractivity contribution in [2.24, 2.45) is 0 Å². The summed E-state index contributed by atoms with van der Waals surface area (Å²) >= 11 is 1.70. The van der Waals surface area contributed by atoms with Gasteiger partial charge in [-0.3, -0.25) is 4.79 Å². The molecule has 3 rings (SSSR count). The van der Waals surface area contributed by atoms with Gasteiger partial charge in [0.15, 0.2) is 6.29 Å². The van der Waals surface area contributed by atoms with E-state index in [-0.39, 0.29) is 0 Å². The van der Waals surface area contributed by atoms with Crippen molar-refractivity contribution < 1.29 is 9.36 Å². The number of nitrogens with zero attached hydrogens (tertiary/aromatic N) is 3. The molecule has 2 heterocycles. The van der Waals surface area contributed by atoms with Crippen molar-refractivity contribution in [1.29, 1.82) is 0 Å². The average molecular weight is 288 g/mol. The molecule has 1 aliphatic heterocycles. The predicted octanol–water partition coefficient (Wildman–Crippen LogP) is 1.56. The van der Waals surface area contributed by atoms with Gasteiger partial charge in [-0.2, -0.15) is 0 Å². The van der Waals surface area contributed by atoms with E-state index < -0.39 is 0 Å². The zero-order valence-corrected chi connectivity index (χ0v) is 12.1. The van der Waals surface area contributed by atoms with E-state index in [2.05, 4.69) is 34.1 Å². The van der Waals surface area contributed by atoms with Crippen LogP contribution in [0.3, 0.4) is 0 Å². The van der Waals surface area contributed by atoms with Crippen molar-refractivity contribution in [3.63, 3.8) is 0 Å². The number of rotatable bonds is 4. The van der Waals surface area contributed by atoms with Crippen molar-refractivity contribution >= 4 is 28.4 Å². The highest BCUT2D eigenvalue weighted by Crippen LogP contribution is 2.20. The van der Waals surface area contributed by atoms with Crippen LogP contribution in [0.15, 0.2) is 41.9 Å². The summed E-state index contributed by atoms with van der Waals surface area (Å²) in [5.41, 5.74) is 1.29. The Morgan fingerprint density at radius 1 is 1.10 bits per heavy atom. The van der Waals surface area contributed by atoms with Crippen LogP contribution in [0.5, 0.6) is 0 Å². The Kier molecular flexibility index (Phi) is 3.97. The molecule has 1 aromatic heterocycles. The fourth-order valence-corrected chi connectivity index (χ4v) is 3.50. The number of carbonyl (C=O) groups excluding carboxylic acids is 1. The van der Waals surface area contributed by atoms with Crippen molar-refractivity contribution in [1.82, 2.24) is 0 Å². The van der Waals surface area contributed by atoms with Gasteiger partial charge in [0, 0.05) is 11.1 Å². The van der Waals surface area contributed by atoms with Crippen LogP contribution in [0.4, 0.5) is 10.8 Å². The third-order valence-electron chi connectivity index (χ3n) is 3.60. The van der Waals surface area contributed by atoms with E-state index in [0.29, 0.717) is 6.54 Å². The predicted molar refractivity (Wildman–Crippen MR) is 81.4 cm³/mol. The molecule has 0 radical (unpaired) electrons. The van der Waals surface area contributed by atoms with Crippen LogP contribution in [-0.4, -0.2) is 32.5 Å². The van der Waals surface area contributed by atoms with Gasteiger partial charge < -0.3 is 4.90 Å². The molecule has 1 aromatic carbocycles. The fraction of sp³-hybridized carbons (Fsp3) is 0.333. The van der Waals surface area contributed by atoms with E-state index in [4.69, 9.17) is 0 Å². The molecule has 4 nitrogen and oxygen atoms in total. The van der Waals surface area contributed by atoms with Gasteiger partial charge >= 0.3 is 5.13 Å². The van der Waals surface area contributed by atoms with Crippen LogP contribution in [0.2, 0.25) is 0 Å². The molecular formula is C15H18N3OS+. The molecule has 0 saturated carbocycles. The number of aldehydes is 1. The van der Waals surface area contributed by atoms with Crippen LogP contribution < -0.4 is 14.4 Å². The number of hydrogen-bond donors (Lipinski definition) is 0. The standard InChI is InChI=1S/C15H18N3OS/c19-12-10-18-11-13-20-15(18)17-8-6-16(7-9-17)14-4-2-1-3-5-14/h1-5,11-13H,6-10H2/q+1. The molecule has 0 atom stereocenters. The van der Waals surface area contributed by atoms with E-state index in [9.17, 15) is 4.79 Å². The summed E-state index contributed by atoms with van der Waals surface area (Å²) in [5, 5.41) is 3.23. The third kappa shape index (κ3) is 2.67. The number of thiazole rings is 1. The van der Waals surface area contributed by atoms with E-state index in [1.54, 1.807) is 11.3 Å². The van der Waals surface area contributed by atoms with Crippen molar-refractivity contribution in [3.8, 4) is 0 Å². The van der Waals surface area contributed by atoms with E-state index in [0.717, 1.165) is 32.5 Å². The van der Waals surface area contributed by atoms with Crippen molar-refractivity contribution in [2.75, 3.05) is 36.0 Å². The summed E-state index contributed by atoms with van der Waals surface area (Å²) in [6.45, 7) is 4.46. The molecule has 2 aromatic rings. The maximum absolute atomic E-state index is 10.7. The number of carbonyl (C=O) groups is 1. The first-order chi connectivity index (χ1) is 9.88. The summed E-state index contributed by atoms with van der Waals surface area (Å²) in [6, 6.07) is 10.5. The zero-order chi connectivity index (χ0) is 13.8. The summed E-state index contributed by atoms with van der Waals surface area (Å²) in [6.07, 6.45) is 2.94. The Labute approximate surface area is 122 Å². The third-order valence-corrected chi connectivity index (χ3v) is 4.56. The number of hydrogen-bond acceptors (Lipinski definition) is 4. The minimum atomic E-state index is 0.442. The molecule has 5 heteroatoms. The molecule has 0 amide bonds. The van der Waals surface area contributed by atoms with Gasteiger partial charge in [-0.1, -0.05) is 29.5 Å². The lowest BCUT2D eigenvalue weighted by molar-refractivity contribution is -0.666. The molecule has 20 heavy (non-hydrogen) atoms. The summed E-state index contributed by atoms with van der Waals surface area (Å²) < 4.78 is 2.02. The SMILES string of the molecule is O=CC[n+]1ccsc1N1CCN(c2ccccc2)CC1. The van der Waals surface area contributed by atoms with Gasteiger partial charge in [0.25, 0.3) is 0 Å². The molecule has 1 fully saturated rings. The highest BCUT2D eigenvalue weighted by molar-refractivity contribution is 7.13. The zero-order valence-electron chi connectivity index (χ0n) is 11.3. The second-order valence-corrected chi connectivity index (χ2v) is 5.69. The van der Waals surface area contributed by atoms with Gasteiger partial charge in [-0.15, -0.1) is 0 Å². The molecule has 0 bridgehead atoms. The van der Waals surface area contributed by atoms with Gasteiger partial charge in [0.05, 0.1) is 13.1 Å². The monoisotopic (exact) mass is 288 g/mol. The largest absolute Gasteiger partial charge is 0.364 e. The molecule has 1 saturated heterocycles. The second-order valence-electron chi connectivity index (χ2n) is 4.81. The Morgan fingerprint density at radius 3 is 2.50 bits per heavy atom. The quantitative estimate of drug-likeness (QED) is 0.631. The highest BCUT2D eigenvalue weighted by atomic mass is 32.1. The Hall–Kier alpha value is -1.88. The molecule has 104 valence electrons. The lowest BCUT2D eigenvalue weighted by Crippen LogP contribution is -2.50. The summed E-state index contributed by atoms with van der Waals surface area (Å²) in [7, 11) is 0. The van der Waals surface area contributed by atoms with E-state index >= 15 is 0 Å². The first-order valence-electron chi connectivity index (χ1n) is 6.84. The average Bonchev–Trinajstić information content (AvgIpc) is 2.97. The van der Waals surface area contributed by atoms with Gasteiger partial charge in [0.2, 0.25) is 0 Å². The Morgan fingerprint density at radius 2 is 1.80 bits per heavy atom. The van der Waals surface area contributed by atoms with Crippen LogP contribution >= 0.6 is 11.3 Å². The van der Waals surface area contributed by atoms with Crippen molar-refractivity contribution in [3.05, 3.63) is 41.9 Å². The Balaban J connectivity index is 1.66. The van der Waals surface area contributed by atoms with Gasteiger partial charge in [0.1, 0.15) is 25.8 Å². The second kappa shape index (κ2) is 6.05. The molecule has 0 N–H and O–H groups in total. The summed E-state index contributed by atoms with van der Waals surface area (Å²) in [4.78, 5) is 15.5. The first-order valence-corrected chi connectivity index (χ1v) is 7.72. The minimum absolute atomic E-state index is 0.442. The number of benzene rings is 1.